The maximum atomic E-state index is 6.34. The Morgan fingerprint density at radius 3 is 2.75 bits per heavy atom. The fourth-order valence-corrected chi connectivity index (χ4v) is 2.70. The maximum Gasteiger partial charge on any atom is 0.163 e. The van der Waals surface area contributed by atoms with Crippen molar-refractivity contribution in [2.75, 3.05) is 5.73 Å². The molecular formula is C18H16N6. The van der Waals surface area contributed by atoms with Crippen LogP contribution in [0, 0.1) is 0 Å². The van der Waals surface area contributed by atoms with Crippen LogP contribution in [0.3, 0.4) is 0 Å². The van der Waals surface area contributed by atoms with Crippen molar-refractivity contribution in [1.82, 2.24) is 19.6 Å². The molecule has 0 aliphatic carbocycles. The van der Waals surface area contributed by atoms with E-state index in [9.17, 15) is 0 Å². The molecule has 0 amide bonds. The number of aromatic nitrogens is 4. The molecule has 3 heterocycles. The van der Waals surface area contributed by atoms with Crippen LogP contribution in [0.2, 0.25) is 0 Å². The first-order chi connectivity index (χ1) is 11.7. The Balaban J connectivity index is 1.82. The number of nitrogen functional groups attached to an aromatic ring is 1. The summed E-state index contributed by atoms with van der Waals surface area (Å²) in [6.45, 7) is 0. The Labute approximate surface area is 138 Å². The molecule has 0 radical (unpaired) electrons. The molecule has 3 aromatic heterocycles. The zero-order valence-corrected chi connectivity index (χ0v) is 12.9. The second-order valence-electron chi connectivity index (χ2n) is 5.57. The summed E-state index contributed by atoms with van der Waals surface area (Å²) in [4.78, 5) is 8.84. The largest absolute Gasteiger partial charge is 0.399 e. The average Bonchev–Trinajstić information content (AvgIpc) is 3.05. The Morgan fingerprint density at radius 2 is 1.96 bits per heavy atom. The second kappa shape index (κ2) is 5.75. The summed E-state index contributed by atoms with van der Waals surface area (Å²) in [5.41, 5.74) is 17.3. The van der Waals surface area contributed by atoms with Gasteiger partial charge in [0.2, 0.25) is 0 Å². The molecule has 24 heavy (non-hydrogen) atoms. The number of benzene rings is 1. The molecule has 0 fully saturated rings. The molecule has 118 valence electrons. The molecule has 6 nitrogen and oxygen atoms in total. The monoisotopic (exact) mass is 316 g/mol. The molecule has 0 aliphatic rings. The number of anilines is 1. The van der Waals surface area contributed by atoms with Crippen molar-refractivity contribution < 1.29 is 0 Å². The predicted octanol–water partition coefficient (Wildman–Crippen LogP) is 2.42. The summed E-state index contributed by atoms with van der Waals surface area (Å²) >= 11 is 0. The molecule has 1 aromatic carbocycles. The first kappa shape index (κ1) is 14.3. The van der Waals surface area contributed by atoms with Gasteiger partial charge >= 0.3 is 0 Å². The highest BCUT2D eigenvalue weighted by molar-refractivity contribution is 5.78. The van der Waals surface area contributed by atoms with Gasteiger partial charge in [0.05, 0.1) is 17.9 Å². The number of nitrogens with zero attached hydrogens (tertiary/aromatic N) is 4. The summed E-state index contributed by atoms with van der Waals surface area (Å²) in [7, 11) is 0. The molecule has 0 aliphatic heterocycles. The van der Waals surface area contributed by atoms with Gasteiger partial charge in [0, 0.05) is 29.8 Å². The Bertz CT molecular complexity index is 993. The minimum absolute atomic E-state index is 0.340. The number of pyridine rings is 1. The van der Waals surface area contributed by atoms with Gasteiger partial charge in [-0.1, -0.05) is 18.2 Å². The molecule has 0 spiro atoms. The van der Waals surface area contributed by atoms with Crippen LogP contribution in [-0.2, 0) is 0 Å². The van der Waals surface area contributed by atoms with E-state index in [0.717, 1.165) is 28.0 Å². The number of rotatable bonds is 3. The molecule has 6 heteroatoms. The third-order valence-electron chi connectivity index (χ3n) is 3.95. The van der Waals surface area contributed by atoms with Crippen LogP contribution in [0.25, 0.3) is 16.8 Å². The van der Waals surface area contributed by atoms with E-state index in [1.165, 1.54) is 0 Å². The second-order valence-corrected chi connectivity index (χ2v) is 5.57. The minimum atomic E-state index is -0.340. The molecule has 0 bridgehead atoms. The van der Waals surface area contributed by atoms with Gasteiger partial charge in [0.15, 0.2) is 5.65 Å². The fraction of sp³-hybridized carbons (Fsp3) is 0.0556. The molecule has 4 aromatic rings. The normalized spacial score (nSPS) is 12.4. The lowest BCUT2D eigenvalue weighted by Gasteiger charge is -2.11. The summed E-state index contributed by atoms with van der Waals surface area (Å²) in [6.07, 6.45) is 7.13. The smallest absolute Gasteiger partial charge is 0.163 e. The van der Waals surface area contributed by atoms with E-state index in [-0.39, 0.29) is 6.04 Å². The third kappa shape index (κ3) is 2.49. The van der Waals surface area contributed by atoms with Gasteiger partial charge in [0.1, 0.15) is 0 Å². The van der Waals surface area contributed by atoms with Crippen LogP contribution in [0.4, 0.5) is 5.69 Å². The highest BCUT2D eigenvalue weighted by Crippen LogP contribution is 2.26. The van der Waals surface area contributed by atoms with E-state index >= 15 is 0 Å². The lowest BCUT2D eigenvalue weighted by molar-refractivity contribution is 0.809. The Hall–Kier alpha value is -3.25. The number of hydrogen-bond acceptors (Lipinski definition) is 5. The number of hydrogen-bond donors (Lipinski definition) is 2. The summed E-state index contributed by atoms with van der Waals surface area (Å²) in [5, 5.41) is 4.36. The zero-order valence-electron chi connectivity index (χ0n) is 12.9. The summed E-state index contributed by atoms with van der Waals surface area (Å²) in [6, 6.07) is 13.0. The van der Waals surface area contributed by atoms with Crippen LogP contribution < -0.4 is 11.5 Å². The summed E-state index contributed by atoms with van der Waals surface area (Å²) < 4.78 is 1.73. The quantitative estimate of drug-likeness (QED) is 0.566. The molecule has 4 N–H and O–H groups in total. The first-order valence-electron chi connectivity index (χ1n) is 7.58. The summed E-state index contributed by atoms with van der Waals surface area (Å²) in [5.74, 6) is 0. The predicted molar refractivity (Wildman–Crippen MR) is 93.1 cm³/mol. The van der Waals surface area contributed by atoms with E-state index in [2.05, 4.69) is 10.1 Å². The van der Waals surface area contributed by atoms with Gasteiger partial charge in [0.25, 0.3) is 0 Å². The van der Waals surface area contributed by atoms with Crippen molar-refractivity contribution >= 4 is 11.3 Å². The molecule has 0 saturated heterocycles. The lowest BCUT2D eigenvalue weighted by Crippen LogP contribution is -2.14. The van der Waals surface area contributed by atoms with Gasteiger partial charge in [-0.2, -0.15) is 5.10 Å². The molecule has 4 rings (SSSR count). The SMILES string of the molecule is Nc1cccc(-c2cnn3ccc(C(N)c4cccnc4)nc23)c1. The van der Waals surface area contributed by atoms with Gasteiger partial charge in [-0.3, -0.25) is 4.98 Å². The van der Waals surface area contributed by atoms with Gasteiger partial charge < -0.3 is 11.5 Å². The van der Waals surface area contributed by atoms with Gasteiger partial charge in [-0.05, 0) is 35.4 Å². The van der Waals surface area contributed by atoms with E-state index in [4.69, 9.17) is 16.5 Å². The van der Waals surface area contributed by atoms with Crippen molar-refractivity contribution in [3.05, 3.63) is 78.5 Å². The van der Waals surface area contributed by atoms with Crippen molar-refractivity contribution in [2.45, 2.75) is 6.04 Å². The van der Waals surface area contributed by atoms with Gasteiger partial charge in [-0.15, -0.1) is 0 Å². The topological polar surface area (TPSA) is 95.1 Å². The van der Waals surface area contributed by atoms with E-state index in [0.29, 0.717) is 5.69 Å². The Morgan fingerprint density at radius 1 is 1.04 bits per heavy atom. The van der Waals surface area contributed by atoms with Crippen molar-refractivity contribution in [2.24, 2.45) is 5.73 Å². The molecule has 1 unspecified atom stereocenters. The maximum absolute atomic E-state index is 6.34. The van der Waals surface area contributed by atoms with Gasteiger partial charge in [-0.25, -0.2) is 9.50 Å². The van der Waals surface area contributed by atoms with E-state index in [1.807, 2.05) is 48.7 Å². The van der Waals surface area contributed by atoms with Crippen molar-refractivity contribution in [1.29, 1.82) is 0 Å². The van der Waals surface area contributed by atoms with E-state index in [1.54, 1.807) is 23.1 Å². The van der Waals surface area contributed by atoms with Crippen LogP contribution in [0.1, 0.15) is 17.3 Å². The van der Waals surface area contributed by atoms with Crippen LogP contribution >= 0.6 is 0 Å². The van der Waals surface area contributed by atoms with Crippen LogP contribution in [0.15, 0.2) is 67.3 Å². The molecular weight excluding hydrogens is 300 g/mol. The van der Waals surface area contributed by atoms with Crippen LogP contribution in [-0.4, -0.2) is 19.6 Å². The number of nitrogens with two attached hydrogens (primary N) is 2. The molecule has 1 atom stereocenters. The average molecular weight is 316 g/mol. The number of fused-ring (bicyclic) bond motifs is 1. The van der Waals surface area contributed by atoms with E-state index < -0.39 is 0 Å². The fourth-order valence-electron chi connectivity index (χ4n) is 2.70. The third-order valence-corrected chi connectivity index (χ3v) is 3.95. The van der Waals surface area contributed by atoms with Crippen molar-refractivity contribution in [3.63, 3.8) is 0 Å². The highest BCUT2D eigenvalue weighted by Gasteiger charge is 2.14. The van der Waals surface area contributed by atoms with Crippen molar-refractivity contribution in [3.8, 4) is 11.1 Å². The van der Waals surface area contributed by atoms with Crippen LogP contribution in [0.5, 0.6) is 0 Å². The standard InChI is InChI=1S/C18H16N6/c19-14-5-1-3-12(9-14)15-11-22-24-8-6-16(23-18(15)24)17(20)13-4-2-7-21-10-13/h1-11,17H,19-20H2. The zero-order chi connectivity index (χ0) is 16.5. The molecule has 0 saturated carbocycles. The highest BCUT2D eigenvalue weighted by atomic mass is 15.2. The lowest BCUT2D eigenvalue weighted by atomic mass is 10.1. The minimum Gasteiger partial charge on any atom is -0.399 e. The Kier molecular flexibility index (Phi) is 3.44. The first-order valence-corrected chi connectivity index (χ1v) is 7.58.